The SMILES string of the molecule is COc1ccc(C2CCCN2S(=O)(=O)c2ccc(Cl)cc2)cc1. The smallest absolute Gasteiger partial charge is 0.243 e. The number of sulfonamides is 1. The van der Waals surface area contributed by atoms with Gasteiger partial charge in [0.05, 0.1) is 18.0 Å². The maximum Gasteiger partial charge on any atom is 0.243 e. The van der Waals surface area contributed by atoms with E-state index in [9.17, 15) is 8.42 Å². The van der Waals surface area contributed by atoms with Crippen LogP contribution in [0.3, 0.4) is 0 Å². The van der Waals surface area contributed by atoms with E-state index in [1.165, 1.54) is 0 Å². The second kappa shape index (κ2) is 6.51. The van der Waals surface area contributed by atoms with Crippen molar-refractivity contribution in [2.75, 3.05) is 13.7 Å². The van der Waals surface area contributed by atoms with Gasteiger partial charge in [-0.25, -0.2) is 8.42 Å². The van der Waals surface area contributed by atoms with Gasteiger partial charge in [0, 0.05) is 11.6 Å². The topological polar surface area (TPSA) is 46.6 Å². The average molecular weight is 352 g/mol. The molecule has 0 spiro atoms. The lowest BCUT2D eigenvalue weighted by Gasteiger charge is -2.24. The summed E-state index contributed by atoms with van der Waals surface area (Å²) in [5.41, 5.74) is 0.987. The van der Waals surface area contributed by atoms with E-state index in [2.05, 4.69) is 0 Å². The minimum Gasteiger partial charge on any atom is -0.497 e. The summed E-state index contributed by atoms with van der Waals surface area (Å²) in [6.45, 7) is 0.529. The van der Waals surface area contributed by atoms with E-state index in [4.69, 9.17) is 16.3 Å². The molecule has 2 aromatic rings. The first-order chi connectivity index (χ1) is 11.0. The number of ether oxygens (including phenoxy) is 1. The molecule has 1 aliphatic rings. The number of halogens is 1. The van der Waals surface area contributed by atoms with Gasteiger partial charge in [0.1, 0.15) is 5.75 Å². The number of nitrogens with zero attached hydrogens (tertiary/aromatic N) is 1. The lowest BCUT2D eigenvalue weighted by atomic mass is 10.1. The summed E-state index contributed by atoms with van der Waals surface area (Å²) in [6.07, 6.45) is 1.67. The summed E-state index contributed by atoms with van der Waals surface area (Å²) in [5.74, 6) is 0.763. The first kappa shape index (κ1) is 16.3. The molecule has 6 heteroatoms. The van der Waals surface area contributed by atoms with Crippen molar-refractivity contribution in [2.45, 2.75) is 23.8 Å². The van der Waals surface area contributed by atoms with Gasteiger partial charge < -0.3 is 4.74 Å². The highest BCUT2D eigenvalue weighted by atomic mass is 35.5. The number of methoxy groups -OCH3 is 1. The van der Waals surface area contributed by atoms with Crippen LogP contribution in [0.4, 0.5) is 0 Å². The third-order valence-corrected chi connectivity index (χ3v) is 6.30. The van der Waals surface area contributed by atoms with E-state index in [1.54, 1.807) is 35.7 Å². The molecule has 1 unspecified atom stereocenters. The number of rotatable bonds is 4. The Morgan fingerprint density at radius 3 is 2.35 bits per heavy atom. The largest absolute Gasteiger partial charge is 0.497 e. The van der Waals surface area contributed by atoms with Crippen molar-refractivity contribution >= 4 is 21.6 Å². The Labute approximate surface area is 141 Å². The molecule has 1 heterocycles. The van der Waals surface area contributed by atoms with E-state index >= 15 is 0 Å². The third kappa shape index (κ3) is 3.22. The molecular weight excluding hydrogens is 334 g/mol. The van der Waals surface area contributed by atoms with Gasteiger partial charge in [0.25, 0.3) is 0 Å². The lowest BCUT2D eigenvalue weighted by molar-refractivity contribution is 0.394. The standard InChI is InChI=1S/C17H18ClNO3S/c1-22-15-8-4-13(5-9-15)17-3-2-12-19(17)23(20,21)16-10-6-14(18)7-11-16/h4-11,17H,2-3,12H2,1H3. The normalized spacial score (nSPS) is 19.0. The summed E-state index contributed by atoms with van der Waals surface area (Å²) in [6, 6.07) is 13.8. The fourth-order valence-corrected chi connectivity index (χ4v) is 4.74. The molecule has 2 aromatic carbocycles. The Balaban J connectivity index is 1.92. The molecule has 1 aliphatic heterocycles. The van der Waals surface area contributed by atoms with Crippen molar-refractivity contribution in [2.24, 2.45) is 0 Å². The second-order valence-electron chi connectivity index (χ2n) is 5.50. The van der Waals surface area contributed by atoms with Crippen molar-refractivity contribution in [1.82, 2.24) is 4.31 Å². The van der Waals surface area contributed by atoms with E-state index in [0.29, 0.717) is 11.6 Å². The molecule has 122 valence electrons. The van der Waals surface area contributed by atoms with Gasteiger partial charge in [-0.15, -0.1) is 0 Å². The van der Waals surface area contributed by atoms with Gasteiger partial charge in [0.15, 0.2) is 0 Å². The molecule has 3 rings (SSSR count). The minimum atomic E-state index is -3.53. The van der Waals surface area contributed by atoms with Gasteiger partial charge >= 0.3 is 0 Å². The summed E-state index contributed by atoms with van der Waals surface area (Å²) in [4.78, 5) is 0.280. The predicted octanol–water partition coefficient (Wildman–Crippen LogP) is 3.87. The summed E-state index contributed by atoms with van der Waals surface area (Å²) in [5, 5.41) is 0.525. The van der Waals surface area contributed by atoms with Crippen LogP contribution in [-0.4, -0.2) is 26.4 Å². The van der Waals surface area contributed by atoms with Crippen LogP contribution < -0.4 is 4.74 Å². The van der Waals surface area contributed by atoms with Gasteiger partial charge in [0.2, 0.25) is 10.0 Å². The Morgan fingerprint density at radius 1 is 1.09 bits per heavy atom. The zero-order chi connectivity index (χ0) is 16.4. The number of hydrogen-bond donors (Lipinski definition) is 0. The fourth-order valence-electron chi connectivity index (χ4n) is 2.93. The molecule has 1 saturated heterocycles. The zero-order valence-corrected chi connectivity index (χ0v) is 14.3. The molecule has 1 atom stereocenters. The van der Waals surface area contributed by atoms with Crippen molar-refractivity contribution in [3.63, 3.8) is 0 Å². The van der Waals surface area contributed by atoms with Gasteiger partial charge in [-0.1, -0.05) is 23.7 Å². The number of benzene rings is 2. The van der Waals surface area contributed by atoms with Crippen LogP contribution in [0.15, 0.2) is 53.4 Å². The Kier molecular flexibility index (Phi) is 4.62. The molecular formula is C17H18ClNO3S. The first-order valence-electron chi connectivity index (χ1n) is 7.44. The quantitative estimate of drug-likeness (QED) is 0.839. The Bertz CT molecular complexity index is 772. The molecule has 0 aromatic heterocycles. The summed E-state index contributed by atoms with van der Waals surface area (Å²) in [7, 11) is -1.91. The van der Waals surface area contributed by atoms with E-state index < -0.39 is 10.0 Å². The summed E-state index contributed by atoms with van der Waals surface area (Å²) >= 11 is 5.85. The zero-order valence-electron chi connectivity index (χ0n) is 12.8. The molecule has 0 N–H and O–H groups in total. The average Bonchev–Trinajstić information content (AvgIpc) is 3.06. The molecule has 4 nitrogen and oxygen atoms in total. The first-order valence-corrected chi connectivity index (χ1v) is 9.25. The van der Waals surface area contributed by atoms with Crippen LogP contribution in [0.25, 0.3) is 0 Å². The highest BCUT2D eigenvalue weighted by molar-refractivity contribution is 7.89. The maximum atomic E-state index is 12.9. The van der Waals surface area contributed by atoms with Crippen LogP contribution in [0.2, 0.25) is 5.02 Å². The molecule has 0 radical (unpaired) electrons. The monoisotopic (exact) mass is 351 g/mol. The van der Waals surface area contributed by atoms with Crippen molar-refractivity contribution < 1.29 is 13.2 Å². The highest BCUT2D eigenvalue weighted by Crippen LogP contribution is 2.37. The van der Waals surface area contributed by atoms with Crippen LogP contribution in [0.5, 0.6) is 5.75 Å². The van der Waals surface area contributed by atoms with Crippen LogP contribution in [0, 0.1) is 0 Å². The van der Waals surface area contributed by atoms with Gasteiger partial charge in [-0.3, -0.25) is 0 Å². The van der Waals surface area contributed by atoms with E-state index in [1.807, 2.05) is 24.3 Å². The summed E-state index contributed by atoms with van der Waals surface area (Å²) < 4.78 is 32.6. The molecule has 0 bridgehead atoms. The fraction of sp³-hybridized carbons (Fsp3) is 0.294. The van der Waals surface area contributed by atoms with Crippen molar-refractivity contribution in [1.29, 1.82) is 0 Å². The van der Waals surface area contributed by atoms with Crippen molar-refractivity contribution in [3.8, 4) is 5.75 Å². The molecule has 23 heavy (non-hydrogen) atoms. The van der Waals surface area contributed by atoms with Crippen LogP contribution >= 0.6 is 11.6 Å². The highest BCUT2D eigenvalue weighted by Gasteiger charge is 2.36. The Hall–Kier alpha value is -1.56. The molecule has 0 aliphatic carbocycles. The molecule has 1 fully saturated rings. The van der Waals surface area contributed by atoms with Gasteiger partial charge in [-0.05, 0) is 54.8 Å². The van der Waals surface area contributed by atoms with Crippen molar-refractivity contribution in [3.05, 3.63) is 59.1 Å². The lowest BCUT2D eigenvalue weighted by Crippen LogP contribution is -2.30. The minimum absolute atomic E-state index is 0.137. The van der Waals surface area contributed by atoms with E-state index in [0.717, 1.165) is 24.2 Å². The second-order valence-corrected chi connectivity index (χ2v) is 7.83. The predicted molar refractivity (Wildman–Crippen MR) is 90.3 cm³/mol. The maximum absolute atomic E-state index is 12.9. The van der Waals surface area contributed by atoms with Gasteiger partial charge in [-0.2, -0.15) is 4.31 Å². The van der Waals surface area contributed by atoms with E-state index in [-0.39, 0.29) is 10.9 Å². The molecule has 0 amide bonds. The number of hydrogen-bond acceptors (Lipinski definition) is 3. The molecule has 0 saturated carbocycles. The third-order valence-electron chi connectivity index (χ3n) is 4.12. The Morgan fingerprint density at radius 2 is 1.74 bits per heavy atom. The van der Waals surface area contributed by atoms with Crippen LogP contribution in [0.1, 0.15) is 24.4 Å². The van der Waals surface area contributed by atoms with Crippen LogP contribution in [-0.2, 0) is 10.0 Å².